The number of benzene rings is 1. The number of hydrogen-bond donors (Lipinski definition) is 4. The SMILES string of the molecule is C=C(/C=C\C(C)=C/CC)C(=N)C(NCCP(F)F)C1NCN(NCCc2cccc(OCCF)c2)C1=O. The molecule has 11 heteroatoms. The van der Waals surface area contributed by atoms with Gasteiger partial charge in [-0.25, -0.2) is 9.82 Å². The Morgan fingerprint density at radius 2 is 2.16 bits per heavy atom. The summed E-state index contributed by atoms with van der Waals surface area (Å²) in [6.07, 6.45) is 6.73. The van der Waals surface area contributed by atoms with Gasteiger partial charge in [-0.3, -0.25) is 15.1 Å². The van der Waals surface area contributed by atoms with E-state index >= 15 is 0 Å². The Hall–Kier alpha value is -2.52. The molecule has 4 N–H and O–H groups in total. The molecule has 0 aliphatic carbocycles. The van der Waals surface area contributed by atoms with Gasteiger partial charge in [0.25, 0.3) is 14.5 Å². The number of carbonyl (C=O) groups excluding carboxylic acids is 1. The van der Waals surface area contributed by atoms with E-state index < -0.39 is 27.3 Å². The number of halogens is 3. The molecular weight excluding hydrogens is 502 g/mol. The van der Waals surface area contributed by atoms with Gasteiger partial charge in [0.1, 0.15) is 25.1 Å². The highest BCUT2D eigenvalue weighted by molar-refractivity contribution is 7.46. The fourth-order valence-electron chi connectivity index (χ4n) is 3.80. The molecule has 0 saturated carbocycles. The first-order valence-electron chi connectivity index (χ1n) is 12.3. The van der Waals surface area contributed by atoms with Crippen LogP contribution in [0, 0.1) is 5.41 Å². The van der Waals surface area contributed by atoms with E-state index in [9.17, 15) is 17.6 Å². The summed E-state index contributed by atoms with van der Waals surface area (Å²) in [5.41, 5.74) is 5.54. The van der Waals surface area contributed by atoms with Crippen molar-refractivity contribution < 1.29 is 22.3 Å². The maximum atomic E-state index is 13.1. The molecule has 0 bridgehead atoms. The molecule has 1 fully saturated rings. The number of nitrogens with one attached hydrogen (secondary N) is 4. The van der Waals surface area contributed by atoms with Crippen molar-refractivity contribution in [1.29, 1.82) is 5.41 Å². The van der Waals surface area contributed by atoms with Crippen LogP contribution in [0.4, 0.5) is 12.8 Å². The van der Waals surface area contributed by atoms with Crippen molar-refractivity contribution in [3.05, 3.63) is 65.8 Å². The monoisotopic (exact) mass is 539 g/mol. The fraction of sp³-hybridized carbons (Fsp3) is 0.462. The zero-order chi connectivity index (χ0) is 27.2. The molecule has 1 aliphatic rings. The predicted octanol–water partition coefficient (Wildman–Crippen LogP) is 4.54. The summed E-state index contributed by atoms with van der Waals surface area (Å²) >= 11 is 0. The van der Waals surface area contributed by atoms with E-state index in [1.165, 1.54) is 5.01 Å². The Bertz CT molecular complexity index is 973. The first-order valence-corrected chi connectivity index (χ1v) is 13.6. The van der Waals surface area contributed by atoms with Crippen molar-refractivity contribution in [2.24, 2.45) is 0 Å². The van der Waals surface area contributed by atoms with Crippen LogP contribution >= 0.6 is 8.54 Å². The van der Waals surface area contributed by atoms with Gasteiger partial charge in [0.2, 0.25) is 0 Å². The molecule has 1 aromatic rings. The molecule has 0 spiro atoms. The van der Waals surface area contributed by atoms with Gasteiger partial charge < -0.3 is 15.5 Å². The van der Waals surface area contributed by atoms with Crippen LogP contribution in [-0.2, 0) is 11.2 Å². The number of rotatable bonds is 17. The Morgan fingerprint density at radius 1 is 1.38 bits per heavy atom. The third-order valence-corrected chi connectivity index (χ3v) is 6.23. The van der Waals surface area contributed by atoms with Crippen molar-refractivity contribution in [2.45, 2.75) is 38.8 Å². The zero-order valence-corrected chi connectivity index (χ0v) is 22.3. The summed E-state index contributed by atoms with van der Waals surface area (Å²) in [5.74, 6) is 0.297. The average molecular weight is 540 g/mol. The van der Waals surface area contributed by atoms with Crippen LogP contribution in [0.1, 0.15) is 25.8 Å². The van der Waals surface area contributed by atoms with Crippen LogP contribution in [-0.4, -0.2) is 67.9 Å². The molecular formula is C26H37F3N5O2P. The maximum absolute atomic E-state index is 13.1. The molecule has 2 unspecified atom stereocenters. The Balaban J connectivity index is 2.00. The lowest BCUT2D eigenvalue weighted by molar-refractivity contribution is -0.131. The quantitative estimate of drug-likeness (QED) is 0.133. The molecule has 2 rings (SSSR count). The Labute approximate surface area is 218 Å². The minimum atomic E-state index is -3.09. The maximum Gasteiger partial charge on any atom is 0.267 e. The smallest absolute Gasteiger partial charge is 0.267 e. The third-order valence-electron chi connectivity index (χ3n) is 5.67. The second-order valence-corrected chi connectivity index (χ2v) is 9.59. The topological polar surface area (TPSA) is 89.5 Å². The Kier molecular flexibility index (Phi) is 13.6. The van der Waals surface area contributed by atoms with E-state index in [0.717, 1.165) is 17.6 Å². The lowest BCUT2D eigenvalue weighted by Crippen LogP contribution is -2.54. The molecule has 1 amide bonds. The van der Waals surface area contributed by atoms with Crippen molar-refractivity contribution in [3.63, 3.8) is 0 Å². The third kappa shape index (κ3) is 10.4. The standard InChI is InChI=1S/C26H37F3N5O2P/c1-4-6-19(2)9-10-20(3)23(30)24(31-14-16-37(28)29)25-26(35)34(18-32-25)33-13-11-21-7-5-8-22(17-21)36-15-12-27/h5-10,17,24-25,30-33H,3-4,11-16,18H2,1-2H3/b10-9-,19-6-,30-23?. The van der Waals surface area contributed by atoms with Gasteiger partial charge in [0.15, 0.2) is 0 Å². The van der Waals surface area contributed by atoms with E-state index in [-0.39, 0.29) is 37.6 Å². The highest BCUT2D eigenvalue weighted by Gasteiger charge is 2.39. The average Bonchev–Trinajstić information content (AvgIpc) is 3.23. The van der Waals surface area contributed by atoms with E-state index in [4.69, 9.17) is 10.1 Å². The van der Waals surface area contributed by atoms with E-state index in [1.54, 1.807) is 12.1 Å². The van der Waals surface area contributed by atoms with Gasteiger partial charge in [0, 0.05) is 19.3 Å². The largest absolute Gasteiger partial charge is 0.491 e. The normalized spacial score (nSPS) is 17.1. The van der Waals surface area contributed by atoms with Crippen molar-refractivity contribution in [2.75, 3.05) is 39.2 Å². The van der Waals surface area contributed by atoms with Gasteiger partial charge in [-0.1, -0.05) is 49.4 Å². The highest BCUT2D eigenvalue weighted by Crippen LogP contribution is 2.37. The lowest BCUT2D eigenvalue weighted by Gasteiger charge is -2.25. The van der Waals surface area contributed by atoms with Crippen LogP contribution in [0.3, 0.4) is 0 Å². The van der Waals surface area contributed by atoms with Gasteiger partial charge >= 0.3 is 0 Å². The first kappa shape index (κ1) is 30.7. The van der Waals surface area contributed by atoms with Crippen LogP contribution in [0.25, 0.3) is 0 Å². The summed E-state index contributed by atoms with van der Waals surface area (Å²) in [4.78, 5) is 13.1. The number of carbonyl (C=O) groups is 1. The van der Waals surface area contributed by atoms with Gasteiger partial charge in [0.05, 0.1) is 18.4 Å². The first-order chi connectivity index (χ1) is 17.8. The van der Waals surface area contributed by atoms with E-state index in [0.29, 0.717) is 24.3 Å². The molecule has 1 aromatic carbocycles. The number of hydrazine groups is 1. The van der Waals surface area contributed by atoms with Crippen molar-refractivity contribution >= 4 is 20.2 Å². The molecule has 1 aliphatic heterocycles. The fourth-order valence-corrected chi connectivity index (χ4v) is 4.10. The molecule has 0 aromatic heterocycles. The summed E-state index contributed by atoms with van der Waals surface area (Å²) < 4.78 is 43.3. The minimum absolute atomic E-state index is 0.00313. The van der Waals surface area contributed by atoms with Crippen molar-refractivity contribution in [3.8, 4) is 5.75 Å². The molecule has 204 valence electrons. The van der Waals surface area contributed by atoms with E-state index in [2.05, 4.69) is 22.6 Å². The molecule has 1 saturated heterocycles. The number of allylic oxidation sites excluding steroid dienone is 4. The summed E-state index contributed by atoms with van der Waals surface area (Å²) in [5, 5.41) is 16.1. The Morgan fingerprint density at radius 3 is 2.86 bits per heavy atom. The lowest BCUT2D eigenvalue weighted by atomic mass is 9.97. The number of amides is 1. The van der Waals surface area contributed by atoms with E-state index in [1.807, 2.05) is 44.2 Å². The van der Waals surface area contributed by atoms with Crippen molar-refractivity contribution in [1.82, 2.24) is 21.1 Å². The van der Waals surface area contributed by atoms with Crippen LogP contribution in [0.2, 0.25) is 0 Å². The molecule has 2 atom stereocenters. The summed E-state index contributed by atoms with van der Waals surface area (Å²) in [6.45, 7) is 7.99. The van der Waals surface area contributed by atoms with Crippen LogP contribution in [0.5, 0.6) is 5.75 Å². The summed E-state index contributed by atoms with van der Waals surface area (Å²) in [7, 11) is -3.09. The predicted molar refractivity (Wildman–Crippen MR) is 144 cm³/mol. The van der Waals surface area contributed by atoms with Gasteiger partial charge in [-0.05, 0) is 43.0 Å². The molecule has 1 heterocycles. The second kappa shape index (κ2) is 16.3. The number of alkyl halides is 1. The number of nitrogens with zero attached hydrogens (tertiary/aromatic N) is 1. The van der Waals surface area contributed by atoms with Crippen LogP contribution in [0.15, 0.2) is 60.2 Å². The van der Waals surface area contributed by atoms with Gasteiger partial charge in [-0.15, -0.1) is 0 Å². The summed E-state index contributed by atoms with van der Waals surface area (Å²) in [6, 6.07) is 5.70. The molecule has 37 heavy (non-hydrogen) atoms. The highest BCUT2D eigenvalue weighted by atomic mass is 31.2. The number of ether oxygens (including phenoxy) is 1. The second-order valence-electron chi connectivity index (χ2n) is 8.54. The molecule has 7 nitrogen and oxygen atoms in total. The number of hydrogen-bond acceptors (Lipinski definition) is 6. The zero-order valence-electron chi connectivity index (χ0n) is 21.4. The minimum Gasteiger partial charge on any atom is -0.491 e. The van der Waals surface area contributed by atoms with Crippen LogP contribution < -0.4 is 20.8 Å². The molecule has 0 radical (unpaired) electrons. The van der Waals surface area contributed by atoms with Gasteiger partial charge in [-0.2, -0.15) is 8.39 Å².